The minimum Gasteiger partial charge on any atom is -0.385 e. The molecule has 0 aliphatic carbocycles. The van der Waals surface area contributed by atoms with E-state index in [-0.39, 0.29) is 11.9 Å². The highest BCUT2D eigenvalue weighted by Crippen LogP contribution is 1.98. The first-order chi connectivity index (χ1) is 6.72. The van der Waals surface area contributed by atoms with Gasteiger partial charge in [0, 0.05) is 20.3 Å². The average molecular weight is 220 g/mol. The standard InChI is InChI=1S/C9H20N2O2S/c1-13-6-3-5-11-9(12)8(10)4-7-14-2/h8H,3-7,10H2,1-2H3,(H,11,12)/t8-/m0/s1. The molecule has 0 fully saturated rings. The van der Waals surface area contributed by atoms with E-state index < -0.39 is 0 Å². The van der Waals surface area contributed by atoms with Crippen LogP contribution in [0.1, 0.15) is 12.8 Å². The van der Waals surface area contributed by atoms with E-state index in [2.05, 4.69) is 5.32 Å². The SMILES string of the molecule is COCCCNC(=O)[C@@H](N)CCSC. The Morgan fingerprint density at radius 1 is 1.64 bits per heavy atom. The molecule has 0 aromatic heterocycles. The van der Waals surface area contributed by atoms with Crippen LogP contribution in [0.4, 0.5) is 0 Å². The lowest BCUT2D eigenvalue weighted by atomic mass is 10.2. The lowest BCUT2D eigenvalue weighted by Gasteiger charge is -2.11. The fourth-order valence-corrected chi connectivity index (χ4v) is 1.42. The maximum Gasteiger partial charge on any atom is 0.236 e. The zero-order chi connectivity index (χ0) is 10.8. The highest BCUT2D eigenvalue weighted by atomic mass is 32.2. The van der Waals surface area contributed by atoms with Crippen molar-refractivity contribution in [2.24, 2.45) is 5.73 Å². The molecule has 3 N–H and O–H groups in total. The van der Waals surface area contributed by atoms with Crippen LogP contribution in [0.3, 0.4) is 0 Å². The van der Waals surface area contributed by atoms with Crippen LogP contribution in [-0.2, 0) is 9.53 Å². The van der Waals surface area contributed by atoms with Crippen LogP contribution in [0.15, 0.2) is 0 Å². The number of hydrogen-bond acceptors (Lipinski definition) is 4. The zero-order valence-corrected chi connectivity index (χ0v) is 9.73. The number of nitrogens with two attached hydrogens (primary N) is 1. The van der Waals surface area contributed by atoms with Gasteiger partial charge in [0.25, 0.3) is 0 Å². The molecule has 0 aromatic rings. The van der Waals surface area contributed by atoms with Crippen LogP contribution in [0.5, 0.6) is 0 Å². The number of thioether (sulfide) groups is 1. The van der Waals surface area contributed by atoms with Crippen molar-refractivity contribution < 1.29 is 9.53 Å². The molecule has 0 saturated heterocycles. The number of carbonyl (C=O) groups excluding carboxylic acids is 1. The minimum atomic E-state index is -0.370. The van der Waals surface area contributed by atoms with E-state index in [0.717, 1.165) is 18.6 Å². The van der Waals surface area contributed by atoms with Crippen LogP contribution in [0.25, 0.3) is 0 Å². The largest absolute Gasteiger partial charge is 0.385 e. The Hall–Kier alpha value is -0.260. The van der Waals surface area contributed by atoms with Crippen molar-refractivity contribution in [1.29, 1.82) is 0 Å². The molecule has 0 aromatic carbocycles. The molecule has 5 heteroatoms. The monoisotopic (exact) mass is 220 g/mol. The molecule has 0 unspecified atom stereocenters. The third-order valence-corrected chi connectivity index (χ3v) is 2.44. The summed E-state index contributed by atoms with van der Waals surface area (Å²) in [7, 11) is 1.64. The van der Waals surface area contributed by atoms with Crippen LogP contribution >= 0.6 is 11.8 Å². The van der Waals surface area contributed by atoms with E-state index in [1.165, 1.54) is 0 Å². The number of carbonyl (C=O) groups is 1. The van der Waals surface area contributed by atoms with E-state index in [4.69, 9.17) is 10.5 Å². The second-order valence-corrected chi connectivity index (χ2v) is 4.01. The van der Waals surface area contributed by atoms with Gasteiger partial charge in [-0.25, -0.2) is 0 Å². The fraction of sp³-hybridized carbons (Fsp3) is 0.889. The second kappa shape index (κ2) is 9.30. The smallest absolute Gasteiger partial charge is 0.236 e. The Balaban J connectivity index is 3.42. The molecule has 4 nitrogen and oxygen atoms in total. The molecule has 84 valence electrons. The highest BCUT2D eigenvalue weighted by molar-refractivity contribution is 7.98. The molecule has 0 radical (unpaired) electrons. The molecular weight excluding hydrogens is 200 g/mol. The lowest BCUT2D eigenvalue weighted by molar-refractivity contribution is -0.122. The summed E-state index contributed by atoms with van der Waals surface area (Å²) in [5, 5.41) is 2.77. The van der Waals surface area contributed by atoms with E-state index in [1.54, 1.807) is 18.9 Å². The van der Waals surface area contributed by atoms with Gasteiger partial charge in [0.05, 0.1) is 6.04 Å². The van der Waals surface area contributed by atoms with Crippen molar-refractivity contribution in [3.05, 3.63) is 0 Å². The number of ether oxygens (including phenoxy) is 1. The van der Waals surface area contributed by atoms with Gasteiger partial charge in [-0.1, -0.05) is 0 Å². The first kappa shape index (κ1) is 13.7. The first-order valence-corrected chi connectivity index (χ1v) is 6.13. The van der Waals surface area contributed by atoms with Gasteiger partial charge in [-0.3, -0.25) is 4.79 Å². The second-order valence-electron chi connectivity index (χ2n) is 3.03. The first-order valence-electron chi connectivity index (χ1n) is 4.73. The van der Waals surface area contributed by atoms with Gasteiger partial charge in [0.2, 0.25) is 5.91 Å². The van der Waals surface area contributed by atoms with Gasteiger partial charge < -0.3 is 15.8 Å². The summed E-state index contributed by atoms with van der Waals surface area (Å²) in [5.41, 5.74) is 5.66. The maximum absolute atomic E-state index is 11.3. The highest BCUT2D eigenvalue weighted by Gasteiger charge is 2.11. The molecule has 1 atom stereocenters. The topological polar surface area (TPSA) is 64.3 Å². The Morgan fingerprint density at radius 2 is 2.36 bits per heavy atom. The predicted molar refractivity (Wildman–Crippen MR) is 60.5 cm³/mol. The molecule has 0 aliphatic rings. The van der Waals surface area contributed by atoms with Gasteiger partial charge >= 0.3 is 0 Å². The van der Waals surface area contributed by atoms with Crippen LogP contribution in [-0.4, -0.2) is 44.2 Å². The predicted octanol–water partition coefficient (Wildman–Crippen LogP) is 0.220. The van der Waals surface area contributed by atoms with Crippen LogP contribution < -0.4 is 11.1 Å². The Bertz CT molecular complexity index is 156. The van der Waals surface area contributed by atoms with Crippen molar-refractivity contribution in [2.75, 3.05) is 32.3 Å². The molecular formula is C9H20N2O2S. The summed E-state index contributed by atoms with van der Waals surface area (Å²) < 4.78 is 4.86. The van der Waals surface area contributed by atoms with E-state index in [9.17, 15) is 4.79 Å². The molecule has 14 heavy (non-hydrogen) atoms. The van der Waals surface area contributed by atoms with Crippen LogP contribution in [0.2, 0.25) is 0 Å². The Morgan fingerprint density at radius 3 is 2.93 bits per heavy atom. The van der Waals surface area contributed by atoms with Gasteiger partial charge in [-0.15, -0.1) is 0 Å². The zero-order valence-electron chi connectivity index (χ0n) is 8.91. The average Bonchev–Trinajstić information content (AvgIpc) is 2.20. The number of hydrogen-bond donors (Lipinski definition) is 2. The Kier molecular flexibility index (Phi) is 9.13. The number of methoxy groups -OCH3 is 1. The third-order valence-electron chi connectivity index (χ3n) is 1.79. The summed E-state index contributed by atoms with van der Waals surface area (Å²) in [6, 6.07) is -0.370. The van der Waals surface area contributed by atoms with Gasteiger partial charge in [-0.05, 0) is 24.9 Å². The maximum atomic E-state index is 11.3. The molecule has 0 spiro atoms. The minimum absolute atomic E-state index is 0.0600. The number of amides is 1. The summed E-state index contributed by atoms with van der Waals surface area (Å²) in [5.74, 6) is 0.863. The summed E-state index contributed by atoms with van der Waals surface area (Å²) in [4.78, 5) is 11.3. The third kappa shape index (κ3) is 7.17. The quantitative estimate of drug-likeness (QED) is 0.574. The fourth-order valence-electron chi connectivity index (χ4n) is 0.935. The summed E-state index contributed by atoms with van der Waals surface area (Å²) >= 11 is 1.70. The lowest BCUT2D eigenvalue weighted by Crippen LogP contribution is -2.41. The van der Waals surface area contributed by atoms with Crippen molar-refractivity contribution in [1.82, 2.24) is 5.32 Å². The van der Waals surface area contributed by atoms with Crippen LogP contribution in [0, 0.1) is 0 Å². The molecule has 0 aliphatic heterocycles. The van der Waals surface area contributed by atoms with Gasteiger partial charge in [0.15, 0.2) is 0 Å². The van der Waals surface area contributed by atoms with Crippen molar-refractivity contribution >= 4 is 17.7 Å². The molecule has 0 saturated carbocycles. The van der Waals surface area contributed by atoms with E-state index in [1.807, 2.05) is 6.26 Å². The normalized spacial score (nSPS) is 12.5. The van der Waals surface area contributed by atoms with E-state index >= 15 is 0 Å². The summed E-state index contributed by atoms with van der Waals surface area (Å²) in [6.45, 7) is 1.31. The molecule has 0 heterocycles. The molecule has 1 amide bonds. The molecule has 0 rings (SSSR count). The van der Waals surface area contributed by atoms with E-state index in [0.29, 0.717) is 13.2 Å². The molecule has 0 bridgehead atoms. The van der Waals surface area contributed by atoms with Crippen molar-refractivity contribution in [3.63, 3.8) is 0 Å². The Labute approximate surface area is 89.9 Å². The van der Waals surface area contributed by atoms with Crippen molar-refractivity contribution in [3.8, 4) is 0 Å². The van der Waals surface area contributed by atoms with Gasteiger partial charge in [0.1, 0.15) is 0 Å². The van der Waals surface area contributed by atoms with Crippen molar-refractivity contribution in [2.45, 2.75) is 18.9 Å². The number of nitrogens with one attached hydrogen (secondary N) is 1. The summed E-state index contributed by atoms with van der Waals surface area (Å²) in [6.07, 6.45) is 3.57. The van der Waals surface area contributed by atoms with Gasteiger partial charge in [-0.2, -0.15) is 11.8 Å². The number of rotatable bonds is 8.